The van der Waals surface area contributed by atoms with E-state index in [9.17, 15) is 13.2 Å². The number of piperazine rings is 1. The quantitative estimate of drug-likeness (QED) is 0.827. The minimum Gasteiger partial charge on any atom is -0.340 e. The largest absolute Gasteiger partial charge is 0.340 e. The monoisotopic (exact) mass is 364 g/mol. The molecule has 0 radical (unpaired) electrons. The van der Waals surface area contributed by atoms with Crippen LogP contribution in [0.2, 0.25) is 10.0 Å². The Balaban J connectivity index is 2.17. The summed E-state index contributed by atoms with van der Waals surface area (Å²) in [5, 5.41) is 0.237. The van der Waals surface area contributed by atoms with Gasteiger partial charge in [0.2, 0.25) is 15.9 Å². The van der Waals surface area contributed by atoms with Gasteiger partial charge in [0.05, 0.1) is 10.0 Å². The molecule has 0 saturated carbocycles. The van der Waals surface area contributed by atoms with Gasteiger partial charge in [-0.3, -0.25) is 4.79 Å². The zero-order valence-corrected chi connectivity index (χ0v) is 14.7. The number of halogens is 2. The molecule has 1 aliphatic rings. The van der Waals surface area contributed by atoms with Crippen LogP contribution in [0.1, 0.15) is 13.8 Å². The molecule has 2 rings (SSSR count). The highest BCUT2D eigenvalue weighted by atomic mass is 35.5. The molecule has 1 amide bonds. The van der Waals surface area contributed by atoms with Gasteiger partial charge >= 0.3 is 0 Å². The summed E-state index contributed by atoms with van der Waals surface area (Å²) in [5.74, 6) is -0.0524. The molecule has 8 heteroatoms. The number of carbonyl (C=O) groups is 1. The molecule has 122 valence electrons. The van der Waals surface area contributed by atoms with E-state index in [-0.39, 0.29) is 39.9 Å². The number of nitrogens with zero attached hydrogens (tertiary/aromatic N) is 2. The van der Waals surface area contributed by atoms with Crippen molar-refractivity contribution in [1.29, 1.82) is 0 Å². The average molecular weight is 365 g/mol. The number of benzene rings is 1. The van der Waals surface area contributed by atoms with Gasteiger partial charge in [0.15, 0.2) is 0 Å². The first-order valence-electron chi connectivity index (χ1n) is 6.98. The molecule has 22 heavy (non-hydrogen) atoms. The van der Waals surface area contributed by atoms with Crippen LogP contribution in [0, 0.1) is 5.92 Å². The van der Waals surface area contributed by atoms with Crippen LogP contribution >= 0.6 is 23.2 Å². The number of amides is 1. The minimum atomic E-state index is -3.71. The summed E-state index contributed by atoms with van der Waals surface area (Å²) < 4.78 is 26.6. The second-order valence-electron chi connectivity index (χ2n) is 5.44. The predicted molar refractivity (Wildman–Crippen MR) is 86.6 cm³/mol. The fraction of sp³-hybridized carbons (Fsp3) is 0.500. The van der Waals surface area contributed by atoms with E-state index in [1.165, 1.54) is 10.4 Å². The topological polar surface area (TPSA) is 57.7 Å². The highest BCUT2D eigenvalue weighted by Crippen LogP contribution is 2.31. The number of hydrogen-bond acceptors (Lipinski definition) is 3. The van der Waals surface area contributed by atoms with Crippen LogP contribution in [-0.4, -0.2) is 49.7 Å². The van der Waals surface area contributed by atoms with Crippen LogP contribution in [0.3, 0.4) is 0 Å². The first-order valence-corrected chi connectivity index (χ1v) is 9.17. The van der Waals surface area contributed by atoms with Gasteiger partial charge in [0, 0.05) is 32.1 Å². The van der Waals surface area contributed by atoms with E-state index in [2.05, 4.69) is 0 Å². The molecular weight excluding hydrogens is 347 g/mol. The third-order valence-corrected chi connectivity index (χ3v) is 6.45. The van der Waals surface area contributed by atoms with Gasteiger partial charge in [0.25, 0.3) is 0 Å². The highest BCUT2D eigenvalue weighted by Gasteiger charge is 2.32. The summed E-state index contributed by atoms with van der Waals surface area (Å²) in [4.78, 5) is 13.6. The van der Waals surface area contributed by atoms with Crippen LogP contribution in [0.25, 0.3) is 0 Å². The van der Waals surface area contributed by atoms with Crippen LogP contribution in [0.5, 0.6) is 0 Å². The van der Waals surface area contributed by atoms with Crippen LogP contribution in [0.4, 0.5) is 0 Å². The Morgan fingerprint density at radius 1 is 1.14 bits per heavy atom. The van der Waals surface area contributed by atoms with Crippen molar-refractivity contribution in [2.45, 2.75) is 18.7 Å². The fourth-order valence-corrected chi connectivity index (χ4v) is 4.49. The first kappa shape index (κ1) is 17.5. The lowest BCUT2D eigenvalue weighted by Gasteiger charge is -2.35. The normalized spacial score (nSPS) is 17.0. The Labute approximate surface area is 140 Å². The van der Waals surface area contributed by atoms with Gasteiger partial charge < -0.3 is 4.90 Å². The van der Waals surface area contributed by atoms with Crippen molar-refractivity contribution >= 4 is 39.1 Å². The summed E-state index contributed by atoms with van der Waals surface area (Å²) in [6.07, 6.45) is 0. The Morgan fingerprint density at radius 2 is 1.73 bits per heavy atom. The third kappa shape index (κ3) is 3.40. The molecule has 0 spiro atoms. The van der Waals surface area contributed by atoms with Crippen molar-refractivity contribution in [2.75, 3.05) is 26.2 Å². The SMILES string of the molecule is CC(C)C(=O)N1CCN(S(=O)(=O)c2cccc(Cl)c2Cl)CC1. The van der Waals surface area contributed by atoms with E-state index in [0.29, 0.717) is 13.1 Å². The van der Waals surface area contributed by atoms with E-state index >= 15 is 0 Å². The van der Waals surface area contributed by atoms with Crippen molar-refractivity contribution < 1.29 is 13.2 Å². The predicted octanol–water partition coefficient (Wildman–Crippen LogP) is 2.48. The van der Waals surface area contributed by atoms with Gasteiger partial charge in [-0.05, 0) is 12.1 Å². The summed E-state index contributed by atoms with van der Waals surface area (Å²) in [6, 6.07) is 4.54. The maximum atomic E-state index is 12.7. The smallest absolute Gasteiger partial charge is 0.244 e. The number of hydrogen-bond donors (Lipinski definition) is 0. The van der Waals surface area contributed by atoms with E-state index in [0.717, 1.165) is 0 Å². The van der Waals surface area contributed by atoms with Crippen molar-refractivity contribution in [3.63, 3.8) is 0 Å². The number of carbonyl (C=O) groups excluding carboxylic acids is 1. The average Bonchev–Trinajstić information content (AvgIpc) is 2.49. The molecule has 1 aromatic rings. The molecule has 0 N–H and O–H groups in total. The highest BCUT2D eigenvalue weighted by molar-refractivity contribution is 7.89. The molecule has 1 aromatic carbocycles. The third-order valence-electron chi connectivity index (χ3n) is 3.58. The molecule has 1 aliphatic heterocycles. The summed E-state index contributed by atoms with van der Waals surface area (Å²) in [7, 11) is -3.71. The molecule has 5 nitrogen and oxygen atoms in total. The van der Waals surface area contributed by atoms with Gasteiger partial charge in [-0.1, -0.05) is 43.1 Å². The second kappa shape index (κ2) is 6.74. The minimum absolute atomic E-state index is 0.00491. The van der Waals surface area contributed by atoms with Crippen molar-refractivity contribution in [1.82, 2.24) is 9.21 Å². The lowest BCUT2D eigenvalue weighted by Crippen LogP contribution is -2.51. The fourth-order valence-electron chi connectivity index (χ4n) is 2.34. The lowest BCUT2D eigenvalue weighted by molar-refractivity contribution is -0.135. The van der Waals surface area contributed by atoms with Gasteiger partial charge in [-0.2, -0.15) is 4.31 Å². The Kier molecular flexibility index (Phi) is 5.37. The molecule has 1 saturated heterocycles. The maximum Gasteiger partial charge on any atom is 0.244 e. The summed E-state index contributed by atoms with van der Waals surface area (Å²) in [6.45, 7) is 4.94. The van der Waals surface area contributed by atoms with Crippen LogP contribution in [-0.2, 0) is 14.8 Å². The van der Waals surface area contributed by atoms with Crippen molar-refractivity contribution in [3.8, 4) is 0 Å². The zero-order chi connectivity index (χ0) is 16.5. The Hall–Kier alpha value is -0.820. The van der Waals surface area contributed by atoms with E-state index < -0.39 is 10.0 Å². The molecule has 1 fully saturated rings. The number of rotatable bonds is 3. The van der Waals surface area contributed by atoms with Crippen molar-refractivity contribution in [2.24, 2.45) is 5.92 Å². The molecule has 0 bridgehead atoms. The molecular formula is C14H18Cl2N2O3S. The Morgan fingerprint density at radius 3 is 2.27 bits per heavy atom. The molecule has 0 atom stereocenters. The summed E-state index contributed by atoms with van der Waals surface area (Å²) in [5.41, 5.74) is 0. The van der Waals surface area contributed by atoms with Gasteiger partial charge in [-0.15, -0.1) is 0 Å². The molecule has 0 aliphatic carbocycles. The van der Waals surface area contributed by atoms with E-state index in [4.69, 9.17) is 23.2 Å². The van der Waals surface area contributed by atoms with Crippen LogP contribution in [0.15, 0.2) is 23.1 Å². The molecule has 0 unspecified atom stereocenters. The Bertz CT molecular complexity index is 669. The van der Waals surface area contributed by atoms with E-state index in [1.807, 2.05) is 13.8 Å². The van der Waals surface area contributed by atoms with E-state index in [1.54, 1.807) is 17.0 Å². The summed E-state index contributed by atoms with van der Waals surface area (Å²) >= 11 is 11.9. The van der Waals surface area contributed by atoms with Crippen LogP contribution < -0.4 is 0 Å². The standard InChI is InChI=1S/C14H18Cl2N2O3S/c1-10(2)14(19)17-6-8-18(9-7-17)22(20,21)12-5-3-4-11(15)13(12)16/h3-5,10H,6-9H2,1-2H3. The second-order valence-corrected chi connectivity index (χ2v) is 8.13. The molecule has 0 aromatic heterocycles. The maximum absolute atomic E-state index is 12.7. The number of sulfonamides is 1. The van der Waals surface area contributed by atoms with Gasteiger partial charge in [0.1, 0.15) is 4.90 Å². The zero-order valence-electron chi connectivity index (χ0n) is 12.4. The molecule has 1 heterocycles. The lowest BCUT2D eigenvalue weighted by atomic mass is 10.2. The first-order chi connectivity index (χ1) is 10.2. The van der Waals surface area contributed by atoms with Gasteiger partial charge in [-0.25, -0.2) is 8.42 Å². The van der Waals surface area contributed by atoms with Crippen molar-refractivity contribution in [3.05, 3.63) is 28.2 Å².